The number of aromatic nitrogens is 2. The number of aryl methyl sites for hydroxylation is 1. The molecule has 174 valence electrons. The molecule has 1 aromatic heterocycles. The van der Waals surface area contributed by atoms with E-state index in [-0.39, 0.29) is 18.4 Å². The third-order valence-corrected chi connectivity index (χ3v) is 6.64. The van der Waals surface area contributed by atoms with Gasteiger partial charge >= 0.3 is 6.03 Å². The van der Waals surface area contributed by atoms with Crippen LogP contribution >= 0.6 is 0 Å². The van der Waals surface area contributed by atoms with Gasteiger partial charge in [0.1, 0.15) is 18.2 Å². The Morgan fingerprint density at radius 1 is 1.12 bits per heavy atom. The summed E-state index contributed by atoms with van der Waals surface area (Å²) in [6, 6.07) is 12.2. The maximum absolute atomic E-state index is 13.2. The van der Waals surface area contributed by atoms with Crippen LogP contribution in [-0.2, 0) is 6.54 Å². The average molecular weight is 455 g/mol. The molecule has 0 bridgehead atoms. The molecule has 0 atom stereocenters. The standard InChI is InChI=1S/C25H28F2N4O2/c1-16-28-21-4-2-19(14-22(21)29-16)18-3-5-23-20(13-18)15-31(10-11-33-23)25(32)30-8-6-17(7-9-30)12-24(26)27/h2-5,13-14,17,24H,6-12,15H2,1H3,(H,28,29). The lowest BCUT2D eigenvalue weighted by molar-refractivity contribution is 0.0847. The lowest BCUT2D eigenvalue weighted by Crippen LogP contribution is -2.47. The molecular weight excluding hydrogens is 426 g/mol. The number of alkyl halides is 2. The first-order valence-corrected chi connectivity index (χ1v) is 11.5. The minimum atomic E-state index is -2.27. The number of likely N-dealkylation sites (tertiary alicyclic amines) is 1. The number of piperidine rings is 1. The number of imidazole rings is 1. The van der Waals surface area contributed by atoms with Gasteiger partial charge in [0.15, 0.2) is 0 Å². The number of amides is 2. The predicted octanol–water partition coefficient (Wildman–Crippen LogP) is 5.22. The molecule has 3 aromatic rings. The monoisotopic (exact) mass is 454 g/mol. The lowest BCUT2D eigenvalue weighted by Gasteiger charge is -2.35. The van der Waals surface area contributed by atoms with E-state index in [0.717, 1.165) is 39.3 Å². The molecule has 0 unspecified atom stereocenters. The van der Waals surface area contributed by atoms with Crippen molar-refractivity contribution in [2.24, 2.45) is 5.92 Å². The Labute approximate surface area is 191 Å². The van der Waals surface area contributed by atoms with Gasteiger partial charge in [0.05, 0.1) is 24.1 Å². The Balaban J connectivity index is 1.32. The van der Waals surface area contributed by atoms with Crippen LogP contribution in [0.5, 0.6) is 5.75 Å². The lowest BCUT2D eigenvalue weighted by atomic mass is 9.94. The second kappa shape index (κ2) is 9.00. The van der Waals surface area contributed by atoms with Crippen LogP contribution in [0.15, 0.2) is 36.4 Å². The molecule has 1 fully saturated rings. The van der Waals surface area contributed by atoms with Crippen molar-refractivity contribution in [2.45, 2.75) is 39.2 Å². The van der Waals surface area contributed by atoms with Crippen LogP contribution in [0, 0.1) is 12.8 Å². The third kappa shape index (κ3) is 4.65. The van der Waals surface area contributed by atoms with E-state index < -0.39 is 6.43 Å². The highest BCUT2D eigenvalue weighted by molar-refractivity contribution is 5.82. The number of carbonyl (C=O) groups is 1. The van der Waals surface area contributed by atoms with E-state index in [1.54, 1.807) is 4.90 Å². The molecule has 1 saturated heterocycles. The number of carbonyl (C=O) groups excluding carboxylic acids is 1. The zero-order valence-corrected chi connectivity index (χ0v) is 18.7. The molecule has 2 aliphatic rings. The van der Waals surface area contributed by atoms with Crippen LogP contribution in [-0.4, -0.2) is 58.5 Å². The van der Waals surface area contributed by atoms with Gasteiger partial charge in [-0.05, 0) is 61.1 Å². The number of aromatic amines is 1. The van der Waals surface area contributed by atoms with E-state index in [1.807, 2.05) is 36.1 Å². The van der Waals surface area contributed by atoms with Gasteiger partial charge in [0.2, 0.25) is 6.43 Å². The van der Waals surface area contributed by atoms with Gasteiger partial charge in [-0.3, -0.25) is 0 Å². The first-order valence-electron chi connectivity index (χ1n) is 11.5. The first kappa shape index (κ1) is 21.7. The van der Waals surface area contributed by atoms with Crippen LogP contribution in [0.2, 0.25) is 0 Å². The van der Waals surface area contributed by atoms with E-state index in [4.69, 9.17) is 4.74 Å². The highest BCUT2D eigenvalue weighted by Crippen LogP contribution is 2.31. The predicted molar refractivity (Wildman–Crippen MR) is 122 cm³/mol. The molecule has 6 nitrogen and oxygen atoms in total. The molecule has 0 aliphatic carbocycles. The van der Waals surface area contributed by atoms with Gasteiger partial charge in [0.25, 0.3) is 0 Å². The average Bonchev–Trinajstić information content (AvgIpc) is 3.04. The molecule has 0 radical (unpaired) electrons. The summed E-state index contributed by atoms with van der Waals surface area (Å²) in [6.45, 7) is 4.39. The van der Waals surface area contributed by atoms with Crippen molar-refractivity contribution >= 4 is 17.1 Å². The van der Waals surface area contributed by atoms with Gasteiger partial charge in [0, 0.05) is 25.1 Å². The summed E-state index contributed by atoms with van der Waals surface area (Å²) in [5, 5.41) is 0. The summed E-state index contributed by atoms with van der Waals surface area (Å²) in [5.74, 6) is 1.67. The number of H-pyrrole nitrogens is 1. The summed E-state index contributed by atoms with van der Waals surface area (Å²) >= 11 is 0. The van der Waals surface area contributed by atoms with E-state index in [9.17, 15) is 13.6 Å². The number of nitrogens with zero attached hydrogens (tertiary/aromatic N) is 3. The summed E-state index contributed by atoms with van der Waals surface area (Å²) in [5.41, 5.74) is 5.00. The molecule has 2 aromatic carbocycles. The van der Waals surface area contributed by atoms with Crippen molar-refractivity contribution in [3.8, 4) is 16.9 Å². The van der Waals surface area contributed by atoms with Gasteiger partial charge in [-0.25, -0.2) is 18.6 Å². The molecule has 2 aliphatic heterocycles. The molecule has 33 heavy (non-hydrogen) atoms. The summed E-state index contributed by atoms with van der Waals surface area (Å²) in [6.07, 6.45) is -1.07. The van der Waals surface area contributed by atoms with Crippen LogP contribution in [0.1, 0.15) is 30.7 Å². The number of hydrogen-bond acceptors (Lipinski definition) is 3. The number of fused-ring (bicyclic) bond motifs is 2. The van der Waals surface area contributed by atoms with E-state index in [2.05, 4.69) is 22.1 Å². The Morgan fingerprint density at radius 3 is 2.67 bits per heavy atom. The van der Waals surface area contributed by atoms with Gasteiger partial charge in [-0.2, -0.15) is 0 Å². The minimum absolute atomic E-state index is 0.000740. The SMILES string of the molecule is Cc1nc2ccc(-c3ccc4c(c3)CN(C(=O)N3CCC(CC(F)F)CC3)CCO4)cc2[nH]1. The summed E-state index contributed by atoms with van der Waals surface area (Å²) in [4.78, 5) is 24.5. The molecule has 2 amide bonds. The molecule has 5 rings (SSSR count). The highest BCUT2D eigenvalue weighted by Gasteiger charge is 2.29. The fourth-order valence-corrected chi connectivity index (χ4v) is 4.87. The smallest absolute Gasteiger partial charge is 0.320 e. The van der Waals surface area contributed by atoms with Crippen LogP contribution in [0.3, 0.4) is 0 Å². The second-order valence-corrected chi connectivity index (χ2v) is 8.99. The van der Waals surface area contributed by atoms with Crippen molar-refractivity contribution in [1.29, 1.82) is 0 Å². The van der Waals surface area contributed by atoms with Crippen molar-refractivity contribution in [1.82, 2.24) is 19.8 Å². The van der Waals surface area contributed by atoms with E-state index in [1.165, 1.54) is 0 Å². The topological polar surface area (TPSA) is 61.5 Å². The van der Waals surface area contributed by atoms with Crippen molar-refractivity contribution in [3.63, 3.8) is 0 Å². The molecular formula is C25H28F2N4O2. The van der Waals surface area contributed by atoms with Gasteiger partial charge < -0.3 is 19.5 Å². The third-order valence-electron chi connectivity index (χ3n) is 6.64. The fourth-order valence-electron chi connectivity index (χ4n) is 4.87. The molecule has 3 heterocycles. The Morgan fingerprint density at radius 2 is 1.88 bits per heavy atom. The molecule has 0 spiro atoms. The second-order valence-electron chi connectivity index (χ2n) is 8.99. The van der Waals surface area contributed by atoms with Gasteiger partial charge in [-0.15, -0.1) is 0 Å². The molecule has 8 heteroatoms. The maximum Gasteiger partial charge on any atom is 0.320 e. The number of benzene rings is 2. The van der Waals surface area contributed by atoms with Crippen LogP contribution < -0.4 is 4.74 Å². The number of hydrogen-bond donors (Lipinski definition) is 1. The number of halogens is 2. The van der Waals surface area contributed by atoms with Gasteiger partial charge in [-0.1, -0.05) is 12.1 Å². The summed E-state index contributed by atoms with van der Waals surface area (Å²) < 4.78 is 31.3. The quantitative estimate of drug-likeness (QED) is 0.590. The Kier molecular flexibility index (Phi) is 5.91. The maximum atomic E-state index is 13.2. The largest absolute Gasteiger partial charge is 0.491 e. The number of nitrogens with one attached hydrogen (secondary N) is 1. The van der Waals surface area contributed by atoms with Crippen molar-refractivity contribution in [3.05, 3.63) is 47.8 Å². The fraction of sp³-hybridized carbons (Fsp3) is 0.440. The van der Waals surface area contributed by atoms with E-state index in [0.29, 0.717) is 45.6 Å². The summed E-state index contributed by atoms with van der Waals surface area (Å²) in [7, 11) is 0. The highest BCUT2D eigenvalue weighted by atomic mass is 19.3. The Bertz CT molecular complexity index is 1150. The zero-order valence-electron chi connectivity index (χ0n) is 18.7. The van der Waals surface area contributed by atoms with Crippen molar-refractivity contribution < 1.29 is 18.3 Å². The van der Waals surface area contributed by atoms with Crippen molar-refractivity contribution in [2.75, 3.05) is 26.2 Å². The van der Waals surface area contributed by atoms with Crippen LogP contribution in [0.4, 0.5) is 13.6 Å². The first-order chi connectivity index (χ1) is 16.0. The number of rotatable bonds is 3. The number of urea groups is 1. The number of ether oxygens (including phenoxy) is 1. The normalized spacial score (nSPS) is 17.2. The van der Waals surface area contributed by atoms with Crippen LogP contribution in [0.25, 0.3) is 22.2 Å². The molecule has 0 saturated carbocycles. The molecule has 1 N–H and O–H groups in total. The minimum Gasteiger partial charge on any atom is -0.491 e. The van der Waals surface area contributed by atoms with E-state index >= 15 is 0 Å². The Hall–Kier alpha value is -3.16. The zero-order chi connectivity index (χ0) is 22.9.